The van der Waals surface area contributed by atoms with Crippen LogP contribution in [0.5, 0.6) is 0 Å². The van der Waals surface area contributed by atoms with Crippen molar-refractivity contribution in [3.05, 3.63) is 53.0 Å². The summed E-state index contributed by atoms with van der Waals surface area (Å²) in [5.74, 6) is 1.23. The number of carbonyl (C=O) groups excluding carboxylic acids is 1. The first-order chi connectivity index (χ1) is 10.0. The standard InChI is InChI=1S/C16H19N3O2/c1-10-9-17-12(3)19-15(10)18-11(2)13-5-7-14(8-6-13)16(20)21-4/h5-9,11H,1-4H3,(H,17,18,19)/t11-/m0/s1. The molecule has 21 heavy (non-hydrogen) atoms. The van der Waals surface area contributed by atoms with Gasteiger partial charge in [0.2, 0.25) is 0 Å². The van der Waals surface area contributed by atoms with Gasteiger partial charge in [0.15, 0.2) is 0 Å². The van der Waals surface area contributed by atoms with Gasteiger partial charge in [0.05, 0.1) is 12.7 Å². The number of aromatic nitrogens is 2. The van der Waals surface area contributed by atoms with Crippen molar-refractivity contribution in [3.63, 3.8) is 0 Å². The van der Waals surface area contributed by atoms with Gasteiger partial charge in [-0.25, -0.2) is 14.8 Å². The summed E-state index contributed by atoms with van der Waals surface area (Å²) in [5.41, 5.74) is 2.61. The molecule has 0 bridgehead atoms. The van der Waals surface area contributed by atoms with Crippen LogP contribution in [0.4, 0.5) is 5.82 Å². The second-order valence-corrected chi connectivity index (χ2v) is 4.93. The third kappa shape index (κ3) is 3.56. The third-order valence-electron chi connectivity index (χ3n) is 3.28. The maximum atomic E-state index is 11.4. The normalized spacial score (nSPS) is 11.8. The SMILES string of the molecule is COC(=O)c1ccc([C@H](C)Nc2nc(C)ncc2C)cc1. The molecule has 0 unspecified atom stereocenters. The zero-order chi connectivity index (χ0) is 15.4. The van der Waals surface area contributed by atoms with E-state index < -0.39 is 0 Å². The lowest BCUT2D eigenvalue weighted by Crippen LogP contribution is -2.10. The van der Waals surface area contributed by atoms with E-state index in [-0.39, 0.29) is 12.0 Å². The Balaban J connectivity index is 2.14. The average Bonchev–Trinajstić information content (AvgIpc) is 2.50. The van der Waals surface area contributed by atoms with Crippen molar-refractivity contribution < 1.29 is 9.53 Å². The fourth-order valence-corrected chi connectivity index (χ4v) is 1.99. The van der Waals surface area contributed by atoms with Crippen LogP contribution in [0.3, 0.4) is 0 Å². The van der Waals surface area contributed by atoms with Crippen molar-refractivity contribution in [2.45, 2.75) is 26.8 Å². The predicted molar refractivity (Wildman–Crippen MR) is 81.3 cm³/mol. The molecule has 0 aliphatic carbocycles. The molecule has 0 radical (unpaired) electrons. The summed E-state index contributed by atoms with van der Waals surface area (Å²) in [4.78, 5) is 20.0. The lowest BCUT2D eigenvalue weighted by atomic mass is 10.1. The van der Waals surface area contributed by atoms with Crippen LogP contribution in [0.25, 0.3) is 0 Å². The molecule has 0 aliphatic rings. The van der Waals surface area contributed by atoms with Gasteiger partial charge in [-0.1, -0.05) is 12.1 Å². The average molecular weight is 285 g/mol. The monoisotopic (exact) mass is 285 g/mol. The van der Waals surface area contributed by atoms with Gasteiger partial charge in [-0.15, -0.1) is 0 Å². The minimum atomic E-state index is -0.329. The van der Waals surface area contributed by atoms with Crippen LogP contribution < -0.4 is 5.32 Å². The molecule has 0 saturated carbocycles. The molecule has 5 heteroatoms. The lowest BCUT2D eigenvalue weighted by molar-refractivity contribution is 0.0600. The Labute approximate surface area is 124 Å². The first-order valence-corrected chi connectivity index (χ1v) is 6.76. The van der Waals surface area contributed by atoms with Crippen molar-refractivity contribution in [1.29, 1.82) is 0 Å². The van der Waals surface area contributed by atoms with E-state index >= 15 is 0 Å². The number of hydrogen-bond acceptors (Lipinski definition) is 5. The van der Waals surface area contributed by atoms with E-state index in [2.05, 4.69) is 20.0 Å². The number of carbonyl (C=O) groups is 1. The Bertz CT molecular complexity index is 638. The zero-order valence-electron chi connectivity index (χ0n) is 12.7. The van der Waals surface area contributed by atoms with E-state index in [4.69, 9.17) is 0 Å². The van der Waals surface area contributed by atoms with Crippen LogP contribution in [0.15, 0.2) is 30.5 Å². The van der Waals surface area contributed by atoms with Crippen molar-refractivity contribution in [3.8, 4) is 0 Å². The predicted octanol–water partition coefficient (Wildman–Crippen LogP) is 3.05. The second-order valence-electron chi connectivity index (χ2n) is 4.93. The van der Waals surface area contributed by atoms with E-state index in [9.17, 15) is 4.79 Å². The molecule has 1 aromatic carbocycles. The summed E-state index contributed by atoms with van der Waals surface area (Å²) in [6.45, 7) is 5.87. The summed E-state index contributed by atoms with van der Waals surface area (Å²) in [6.07, 6.45) is 1.80. The number of ether oxygens (including phenoxy) is 1. The Hall–Kier alpha value is -2.43. The molecule has 1 N–H and O–H groups in total. The third-order valence-corrected chi connectivity index (χ3v) is 3.28. The maximum absolute atomic E-state index is 11.4. The van der Waals surface area contributed by atoms with E-state index in [0.29, 0.717) is 5.56 Å². The minimum absolute atomic E-state index is 0.0738. The van der Waals surface area contributed by atoms with Gasteiger partial charge in [0.1, 0.15) is 11.6 Å². The summed E-state index contributed by atoms with van der Waals surface area (Å²) in [6, 6.07) is 7.42. The number of benzene rings is 1. The van der Waals surface area contributed by atoms with Gasteiger partial charge in [-0.2, -0.15) is 0 Å². The summed E-state index contributed by atoms with van der Waals surface area (Å²) < 4.78 is 4.69. The number of esters is 1. The van der Waals surface area contributed by atoms with Crippen LogP contribution >= 0.6 is 0 Å². The number of nitrogens with one attached hydrogen (secondary N) is 1. The quantitative estimate of drug-likeness (QED) is 0.875. The van der Waals surface area contributed by atoms with Crippen molar-refractivity contribution in [1.82, 2.24) is 9.97 Å². The summed E-state index contributed by atoms with van der Waals surface area (Å²) in [7, 11) is 1.38. The number of hydrogen-bond donors (Lipinski definition) is 1. The molecule has 5 nitrogen and oxygen atoms in total. The fraction of sp³-hybridized carbons (Fsp3) is 0.312. The van der Waals surface area contributed by atoms with Crippen molar-refractivity contribution in [2.75, 3.05) is 12.4 Å². The number of anilines is 1. The molecule has 1 atom stereocenters. The molecule has 0 saturated heterocycles. The Morgan fingerprint density at radius 1 is 1.24 bits per heavy atom. The molecule has 1 heterocycles. The highest BCUT2D eigenvalue weighted by atomic mass is 16.5. The van der Waals surface area contributed by atoms with Gasteiger partial charge in [0, 0.05) is 17.8 Å². The number of rotatable bonds is 4. The zero-order valence-corrected chi connectivity index (χ0v) is 12.7. The summed E-state index contributed by atoms with van der Waals surface area (Å²) in [5, 5.41) is 3.36. The highest BCUT2D eigenvalue weighted by molar-refractivity contribution is 5.89. The van der Waals surface area contributed by atoms with Gasteiger partial charge >= 0.3 is 5.97 Å². The van der Waals surface area contributed by atoms with Crippen LogP contribution in [0.2, 0.25) is 0 Å². The number of methoxy groups -OCH3 is 1. The highest BCUT2D eigenvalue weighted by Crippen LogP contribution is 2.20. The molecule has 0 amide bonds. The van der Waals surface area contributed by atoms with Gasteiger partial charge in [-0.05, 0) is 38.5 Å². The molecule has 1 aromatic heterocycles. The molecule has 0 spiro atoms. The molecular formula is C16H19N3O2. The van der Waals surface area contributed by atoms with Crippen LogP contribution in [-0.4, -0.2) is 23.0 Å². The van der Waals surface area contributed by atoms with Crippen LogP contribution in [0.1, 0.15) is 40.3 Å². The van der Waals surface area contributed by atoms with Gasteiger partial charge in [0.25, 0.3) is 0 Å². The lowest BCUT2D eigenvalue weighted by Gasteiger charge is -2.17. The Morgan fingerprint density at radius 3 is 2.52 bits per heavy atom. The molecule has 110 valence electrons. The number of aryl methyl sites for hydroxylation is 2. The summed E-state index contributed by atoms with van der Waals surface area (Å²) >= 11 is 0. The second kappa shape index (κ2) is 6.35. The highest BCUT2D eigenvalue weighted by Gasteiger charge is 2.10. The first kappa shape index (κ1) is 15.0. The topological polar surface area (TPSA) is 64.1 Å². The van der Waals surface area contributed by atoms with E-state index in [1.165, 1.54) is 7.11 Å². The van der Waals surface area contributed by atoms with E-state index in [0.717, 1.165) is 22.8 Å². The van der Waals surface area contributed by atoms with Crippen molar-refractivity contribution >= 4 is 11.8 Å². The van der Waals surface area contributed by atoms with Gasteiger partial charge < -0.3 is 10.1 Å². The smallest absolute Gasteiger partial charge is 0.337 e. The molecule has 0 fully saturated rings. The van der Waals surface area contributed by atoms with Crippen LogP contribution in [-0.2, 0) is 4.74 Å². The van der Waals surface area contributed by atoms with Crippen molar-refractivity contribution in [2.24, 2.45) is 0 Å². The fourth-order valence-electron chi connectivity index (χ4n) is 1.99. The molecule has 2 aromatic rings. The number of nitrogens with zero attached hydrogens (tertiary/aromatic N) is 2. The minimum Gasteiger partial charge on any atom is -0.465 e. The van der Waals surface area contributed by atoms with E-state index in [1.807, 2.05) is 32.9 Å². The molecule has 0 aliphatic heterocycles. The first-order valence-electron chi connectivity index (χ1n) is 6.76. The maximum Gasteiger partial charge on any atom is 0.337 e. The Morgan fingerprint density at radius 2 is 1.90 bits per heavy atom. The van der Waals surface area contributed by atoms with Crippen LogP contribution in [0, 0.1) is 13.8 Å². The van der Waals surface area contributed by atoms with Gasteiger partial charge in [-0.3, -0.25) is 0 Å². The van der Waals surface area contributed by atoms with E-state index in [1.54, 1.807) is 18.3 Å². The Kier molecular flexibility index (Phi) is 4.52. The molecular weight excluding hydrogens is 266 g/mol. The molecule has 2 rings (SSSR count). The largest absolute Gasteiger partial charge is 0.465 e.